The number of nitrogens with zero attached hydrogens (tertiary/aromatic N) is 2. The molecule has 28 heavy (non-hydrogen) atoms. The molecule has 0 fully saturated rings. The Morgan fingerprint density at radius 2 is 1.00 bits per heavy atom. The molecule has 0 aliphatic rings. The van der Waals surface area contributed by atoms with Gasteiger partial charge in [-0.15, -0.1) is 0 Å². The molecule has 0 atom stereocenters. The number of amidine groups is 2. The van der Waals surface area contributed by atoms with Crippen molar-refractivity contribution in [2.24, 2.45) is 10.2 Å². The van der Waals surface area contributed by atoms with Crippen molar-refractivity contribution in [1.82, 2.24) is 0 Å². The number of nitrogens with one attached hydrogen (secondary N) is 4. The van der Waals surface area contributed by atoms with Gasteiger partial charge < -0.3 is 10.6 Å². The topological polar surface area (TPSA) is 96.5 Å². The molecule has 152 valence electrons. The quantitative estimate of drug-likeness (QED) is 0.229. The van der Waals surface area contributed by atoms with E-state index >= 15 is 0 Å². The van der Waals surface area contributed by atoms with Crippen LogP contribution >= 0.6 is 23.2 Å². The standard InChI is InChI=1S/C20H24Cl2N6.2H2/c1-19(2,17(23)25-15-9-5-13(21)6-10-15)27-28-20(3,4)18(24)26-16-11-7-14(22)8-12-16;;/h5-12H,1-4H3,(H2,23,25)(H2,24,26);2*1H. The number of halogens is 2. The Labute approximate surface area is 178 Å². The molecular weight excluding hydrogens is 395 g/mol. The smallest absolute Gasteiger partial charge is 0.133 e. The first-order valence-electron chi connectivity index (χ1n) is 8.67. The van der Waals surface area contributed by atoms with Crippen molar-refractivity contribution < 1.29 is 2.85 Å². The van der Waals surface area contributed by atoms with Gasteiger partial charge in [0.05, 0.1) is 0 Å². The lowest BCUT2D eigenvalue weighted by molar-refractivity contribution is 0.561. The Hall–Kier alpha value is -2.44. The lowest BCUT2D eigenvalue weighted by Crippen LogP contribution is -2.38. The first-order valence-corrected chi connectivity index (χ1v) is 9.42. The number of rotatable bonds is 6. The van der Waals surface area contributed by atoms with Crippen LogP contribution in [0.4, 0.5) is 11.4 Å². The highest BCUT2D eigenvalue weighted by atomic mass is 35.5. The van der Waals surface area contributed by atoms with Gasteiger partial charge in [0.15, 0.2) is 0 Å². The average molecular weight is 423 g/mol. The number of hydrogen-bond acceptors (Lipinski definition) is 4. The molecule has 0 amide bonds. The van der Waals surface area contributed by atoms with E-state index in [9.17, 15) is 0 Å². The Kier molecular flexibility index (Phi) is 6.80. The van der Waals surface area contributed by atoms with E-state index in [0.29, 0.717) is 10.0 Å². The Morgan fingerprint density at radius 3 is 1.29 bits per heavy atom. The predicted octanol–water partition coefficient (Wildman–Crippen LogP) is 6.97. The van der Waals surface area contributed by atoms with Crippen molar-refractivity contribution in [1.29, 1.82) is 10.8 Å². The molecule has 2 aromatic rings. The molecule has 0 spiro atoms. The third kappa shape index (κ3) is 6.04. The van der Waals surface area contributed by atoms with Crippen LogP contribution in [-0.4, -0.2) is 22.7 Å². The minimum Gasteiger partial charge on any atom is -0.342 e. The van der Waals surface area contributed by atoms with Crippen LogP contribution in [0.1, 0.15) is 30.5 Å². The summed E-state index contributed by atoms with van der Waals surface area (Å²) in [7, 11) is 0. The average Bonchev–Trinajstić information content (AvgIpc) is 2.64. The van der Waals surface area contributed by atoms with Gasteiger partial charge in [-0.1, -0.05) is 23.2 Å². The van der Waals surface area contributed by atoms with Gasteiger partial charge in [-0.2, -0.15) is 10.2 Å². The van der Waals surface area contributed by atoms with Gasteiger partial charge in [-0.3, -0.25) is 10.8 Å². The van der Waals surface area contributed by atoms with Crippen molar-refractivity contribution >= 4 is 46.2 Å². The Morgan fingerprint density at radius 1 is 0.714 bits per heavy atom. The zero-order chi connectivity index (χ0) is 20.9. The van der Waals surface area contributed by atoms with Gasteiger partial charge >= 0.3 is 0 Å². The van der Waals surface area contributed by atoms with Crippen LogP contribution < -0.4 is 10.6 Å². The van der Waals surface area contributed by atoms with E-state index in [1.165, 1.54) is 0 Å². The second-order valence-corrected chi connectivity index (χ2v) is 8.20. The van der Waals surface area contributed by atoms with Gasteiger partial charge in [0, 0.05) is 24.3 Å². The molecule has 0 heterocycles. The maximum atomic E-state index is 8.32. The van der Waals surface area contributed by atoms with Crippen molar-refractivity contribution in [2.75, 3.05) is 10.6 Å². The van der Waals surface area contributed by atoms with Gasteiger partial charge in [-0.05, 0) is 76.2 Å². The van der Waals surface area contributed by atoms with E-state index in [4.69, 9.17) is 34.0 Å². The summed E-state index contributed by atoms with van der Waals surface area (Å²) >= 11 is 11.8. The lowest BCUT2D eigenvalue weighted by atomic mass is 10.0. The predicted molar refractivity (Wildman–Crippen MR) is 123 cm³/mol. The highest BCUT2D eigenvalue weighted by molar-refractivity contribution is 6.31. The SMILES string of the molecule is CC(C)(N=NC(C)(C)C(=N)Nc1ccc(Cl)cc1)C(=N)Nc1ccc(Cl)cc1.[HH].[HH]. The monoisotopic (exact) mass is 422 g/mol. The fourth-order valence-electron chi connectivity index (χ4n) is 2.01. The molecule has 2 aromatic carbocycles. The number of anilines is 2. The van der Waals surface area contributed by atoms with Gasteiger partial charge in [-0.25, -0.2) is 0 Å². The van der Waals surface area contributed by atoms with Crippen molar-refractivity contribution in [3.05, 3.63) is 58.6 Å². The third-order valence-electron chi connectivity index (χ3n) is 4.00. The lowest BCUT2D eigenvalue weighted by Gasteiger charge is -2.25. The van der Waals surface area contributed by atoms with Crippen LogP contribution in [0.25, 0.3) is 0 Å². The van der Waals surface area contributed by atoms with Gasteiger partial charge in [0.1, 0.15) is 22.7 Å². The summed E-state index contributed by atoms with van der Waals surface area (Å²) in [6, 6.07) is 14.2. The third-order valence-corrected chi connectivity index (χ3v) is 4.50. The van der Waals surface area contributed by atoms with E-state index in [1.54, 1.807) is 76.2 Å². The first kappa shape index (κ1) is 21.9. The zero-order valence-electron chi connectivity index (χ0n) is 16.3. The molecule has 2 rings (SSSR count). The molecular formula is C20H28Cl2N6. The number of hydrogen-bond donors (Lipinski definition) is 4. The summed E-state index contributed by atoms with van der Waals surface area (Å²) in [6.45, 7) is 7.14. The Balaban J connectivity index is 0.00000420. The summed E-state index contributed by atoms with van der Waals surface area (Å²) in [4.78, 5) is 0. The van der Waals surface area contributed by atoms with E-state index in [0.717, 1.165) is 11.4 Å². The minimum absolute atomic E-state index is 0. The maximum Gasteiger partial charge on any atom is 0.133 e. The summed E-state index contributed by atoms with van der Waals surface area (Å²) in [5.41, 5.74) is -0.294. The summed E-state index contributed by atoms with van der Waals surface area (Å²) in [5, 5.41) is 32.6. The molecule has 0 saturated carbocycles. The van der Waals surface area contributed by atoms with E-state index in [1.807, 2.05) is 0 Å². The normalized spacial score (nSPS) is 12.1. The molecule has 8 heteroatoms. The first-order chi connectivity index (χ1) is 13.0. The molecule has 0 aromatic heterocycles. The van der Waals surface area contributed by atoms with Crippen LogP contribution in [-0.2, 0) is 0 Å². The van der Waals surface area contributed by atoms with E-state index < -0.39 is 11.1 Å². The van der Waals surface area contributed by atoms with Crippen LogP contribution in [0.15, 0.2) is 58.8 Å². The molecule has 0 saturated heterocycles. The second kappa shape index (κ2) is 8.71. The summed E-state index contributed by atoms with van der Waals surface area (Å²) < 4.78 is 0. The summed E-state index contributed by atoms with van der Waals surface area (Å²) in [6.07, 6.45) is 0. The molecule has 6 nitrogen and oxygen atoms in total. The molecule has 0 aliphatic heterocycles. The fourth-order valence-corrected chi connectivity index (χ4v) is 2.26. The highest BCUT2D eigenvalue weighted by Gasteiger charge is 2.28. The zero-order valence-corrected chi connectivity index (χ0v) is 17.8. The van der Waals surface area contributed by atoms with Crippen LogP contribution in [0.3, 0.4) is 0 Å². The van der Waals surface area contributed by atoms with Crippen molar-refractivity contribution in [3.8, 4) is 0 Å². The van der Waals surface area contributed by atoms with Crippen LogP contribution in [0.2, 0.25) is 10.0 Å². The Bertz CT molecular complexity index is 808. The molecule has 0 aliphatic carbocycles. The van der Waals surface area contributed by atoms with E-state index in [-0.39, 0.29) is 14.5 Å². The fraction of sp³-hybridized carbons (Fsp3) is 0.300. The maximum absolute atomic E-state index is 8.32. The summed E-state index contributed by atoms with van der Waals surface area (Å²) in [5.74, 6) is 0.373. The second-order valence-electron chi connectivity index (χ2n) is 7.33. The minimum atomic E-state index is -0.891. The highest BCUT2D eigenvalue weighted by Crippen LogP contribution is 2.22. The molecule has 0 bridgehead atoms. The molecule has 0 unspecified atom stereocenters. The van der Waals surface area contributed by atoms with Gasteiger partial charge in [0.2, 0.25) is 0 Å². The van der Waals surface area contributed by atoms with Crippen LogP contribution in [0, 0.1) is 10.8 Å². The van der Waals surface area contributed by atoms with Crippen LogP contribution in [0.5, 0.6) is 0 Å². The van der Waals surface area contributed by atoms with Crippen molar-refractivity contribution in [2.45, 2.75) is 38.8 Å². The van der Waals surface area contributed by atoms with E-state index in [2.05, 4.69) is 20.9 Å². The molecule has 4 N–H and O–H groups in total. The molecule has 0 radical (unpaired) electrons. The largest absolute Gasteiger partial charge is 0.342 e. The number of benzene rings is 2. The number of azo groups is 1. The van der Waals surface area contributed by atoms with Gasteiger partial charge in [0.25, 0.3) is 0 Å². The van der Waals surface area contributed by atoms with Crippen molar-refractivity contribution in [3.63, 3.8) is 0 Å².